The van der Waals surface area contributed by atoms with Crippen molar-refractivity contribution >= 4 is 11.6 Å². The minimum Gasteiger partial charge on any atom is -0.454 e. The molecule has 0 bridgehead atoms. The van der Waals surface area contributed by atoms with E-state index in [0.29, 0.717) is 6.54 Å². The first kappa shape index (κ1) is 14.3. The molecule has 1 heterocycles. The SMILES string of the molecule is Cc1ccccc1NCC(=O)NCc1ccc2c(c1)OCO2. The van der Waals surface area contributed by atoms with Gasteiger partial charge in [0.1, 0.15) is 0 Å². The van der Waals surface area contributed by atoms with Crippen molar-refractivity contribution in [2.24, 2.45) is 0 Å². The minimum atomic E-state index is -0.0547. The first-order valence-electron chi connectivity index (χ1n) is 7.17. The predicted octanol–water partition coefficient (Wildman–Crippen LogP) is 2.45. The van der Waals surface area contributed by atoms with Crippen LogP contribution in [-0.2, 0) is 11.3 Å². The van der Waals surface area contributed by atoms with Crippen LogP contribution < -0.4 is 20.1 Å². The summed E-state index contributed by atoms with van der Waals surface area (Å²) in [6, 6.07) is 13.5. The van der Waals surface area contributed by atoms with Gasteiger partial charge < -0.3 is 20.1 Å². The number of aryl methyl sites for hydroxylation is 1. The molecule has 0 spiro atoms. The summed E-state index contributed by atoms with van der Waals surface area (Å²) < 4.78 is 10.6. The first-order chi connectivity index (χ1) is 10.7. The lowest BCUT2D eigenvalue weighted by molar-refractivity contribution is -0.119. The van der Waals surface area contributed by atoms with E-state index in [4.69, 9.17) is 9.47 Å². The average molecular weight is 298 g/mol. The maximum atomic E-state index is 11.9. The number of amides is 1. The molecule has 22 heavy (non-hydrogen) atoms. The Morgan fingerprint density at radius 2 is 1.95 bits per heavy atom. The van der Waals surface area contributed by atoms with Crippen LogP contribution in [0.5, 0.6) is 11.5 Å². The monoisotopic (exact) mass is 298 g/mol. The van der Waals surface area contributed by atoms with Gasteiger partial charge in [0.05, 0.1) is 6.54 Å². The third-order valence-corrected chi connectivity index (χ3v) is 3.51. The van der Waals surface area contributed by atoms with Gasteiger partial charge in [-0.2, -0.15) is 0 Å². The molecule has 1 aliphatic rings. The standard InChI is InChI=1S/C17H18N2O3/c1-12-4-2-3-5-14(12)18-10-17(20)19-9-13-6-7-15-16(8-13)22-11-21-15/h2-8,18H,9-11H2,1H3,(H,19,20). The van der Waals surface area contributed by atoms with E-state index in [0.717, 1.165) is 28.3 Å². The Morgan fingerprint density at radius 1 is 1.14 bits per heavy atom. The van der Waals surface area contributed by atoms with E-state index in [-0.39, 0.29) is 19.2 Å². The predicted molar refractivity (Wildman–Crippen MR) is 84.1 cm³/mol. The number of anilines is 1. The zero-order valence-corrected chi connectivity index (χ0v) is 12.4. The van der Waals surface area contributed by atoms with Crippen molar-refractivity contribution in [3.8, 4) is 11.5 Å². The van der Waals surface area contributed by atoms with Gasteiger partial charge in [-0.25, -0.2) is 0 Å². The van der Waals surface area contributed by atoms with Crippen molar-refractivity contribution in [2.75, 3.05) is 18.7 Å². The number of ether oxygens (including phenoxy) is 2. The summed E-state index contributed by atoms with van der Waals surface area (Å²) in [6.45, 7) is 2.97. The fourth-order valence-corrected chi connectivity index (χ4v) is 2.26. The van der Waals surface area contributed by atoms with Crippen molar-refractivity contribution in [3.63, 3.8) is 0 Å². The summed E-state index contributed by atoms with van der Waals surface area (Å²) in [7, 11) is 0. The van der Waals surface area contributed by atoms with Gasteiger partial charge in [0.15, 0.2) is 11.5 Å². The van der Waals surface area contributed by atoms with E-state index in [9.17, 15) is 4.79 Å². The molecule has 0 saturated carbocycles. The van der Waals surface area contributed by atoms with Gasteiger partial charge in [-0.15, -0.1) is 0 Å². The number of hydrogen-bond acceptors (Lipinski definition) is 4. The van der Waals surface area contributed by atoms with Gasteiger partial charge in [0, 0.05) is 12.2 Å². The van der Waals surface area contributed by atoms with Crippen molar-refractivity contribution in [1.29, 1.82) is 0 Å². The number of fused-ring (bicyclic) bond motifs is 1. The number of carbonyl (C=O) groups excluding carboxylic acids is 1. The highest BCUT2D eigenvalue weighted by molar-refractivity contribution is 5.80. The minimum absolute atomic E-state index is 0.0547. The Bertz CT molecular complexity index is 685. The van der Waals surface area contributed by atoms with Gasteiger partial charge in [-0.3, -0.25) is 4.79 Å². The largest absolute Gasteiger partial charge is 0.454 e. The third kappa shape index (κ3) is 3.31. The van der Waals surface area contributed by atoms with Crippen LogP contribution in [0.1, 0.15) is 11.1 Å². The number of carbonyl (C=O) groups is 1. The topological polar surface area (TPSA) is 59.6 Å². The zero-order valence-electron chi connectivity index (χ0n) is 12.4. The van der Waals surface area contributed by atoms with E-state index in [1.807, 2.05) is 49.4 Å². The first-order valence-corrected chi connectivity index (χ1v) is 7.17. The number of rotatable bonds is 5. The summed E-state index contributed by atoms with van der Waals surface area (Å²) in [4.78, 5) is 11.9. The molecule has 5 heteroatoms. The normalized spacial score (nSPS) is 12.0. The van der Waals surface area contributed by atoms with E-state index in [1.54, 1.807) is 0 Å². The van der Waals surface area contributed by atoms with E-state index in [1.165, 1.54) is 0 Å². The van der Waals surface area contributed by atoms with Crippen molar-refractivity contribution in [1.82, 2.24) is 5.32 Å². The number of nitrogens with one attached hydrogen (secondary N) is 2. The van der Waals surface area contributed by atoms with E-state index in [2.05, 4.69) is 10.6 Å². The Labute approximate surface area is 129 Å². The van der Waals surface area contributed by atoms with Crippen LogP contribution in [0.25, 0.3) is 0 Å². The maximum absolute atomic E-state index is 11.9. The molecule has 2 aromatic carbocycles. The molecule has 0 aromatic heterocycles. The Balaban J connectivity index is 1.49. The second-order valence-corrected chi connectivity index (χ2v) is 5.13. The average Bonchev–Trinajstić information content (AvgIpc) is 2.99. The number of benzene rings is 2. The van der Waals surface area contributed by atoms with Crippen LogP contribution in [0, 0.1) is 6.92 Å². The van der Waals surface area contributed by atoms with Crippen LogP contribution >= 0.6 is 0 Å². The summed E-state index contributed by atoms with van der Waals surface area (Å²) in [5.74, 6) is 1.42. The second-order valence-electron chi connectivity index (χ2n) is 5.13. The smallest absolute Gasteiger partial charge is 0.239 e. The molecule has 114 valence electrons. The van der Waals surface area contributed by atoms with Crippen LogP contribution in [0.15, 0.2) is 42.5 Å². The van der Waals surface area contributed by atoms with Crippen LogP contribution in [-0.4, -0.2) is 19.2 Å². The molecular weight excluding hydrogens is 280 g/mol. The molecule has 0 atom stereocenters. The molecule has 0 aliphatic carbocycles. The molecule has 5 nitrogen and oxygen atoms in total. The fourth-order valence-electron chi connectivity index (χ4n) is 2.26. The van der Waals surface area contributed by atoms with Gasteiger partial charge in [0.25, 0.3) is 0 Å². The van der Waals surface area contributed by atoms with Crippen molar-refractivity contribution in [2.45, 2.75) is 13.5 Å². The molecule has 1 amide bonds. The van der Waals surface area contributed by atoms with Crippen LogP contribution in [0.3, 0.4) is 0 Å². The molecule has 1 aliphatic heterocycles. The van der Waals surface area contributed by atoms with Gasteiger partial charge in [-0.1, -0.05) is 24.3 Å². The fraction of sp³-hybridized carbons (Fsp3) is 0.235. The summed E-state index contributed by atoms with van der Waals surface area (Å²) >= 11 is 0. The molecule has 2 aromatic rings. The number of para-hydroxylation sites is 1. The molecular formula is C17H18N2O3. The summed E-state index contributed by atoms with van der Waals surface area (Å²) in [5, 5.41) is 6.02. The molecule has 0 radical (unpaired) electrons. The number of hydrogen-bond donors (Lipinski definition) is 2. The Kier molecular flexibility index (Phi) is 4.14. The highest BCUT2D eigenvalue weighted by Gasteiger charge is 2.13. The van der Waals surface area contributed by atoms with Gasteiger partial charge in [-0.05, 0) is 36.2 Å². The lowest BCUT2D eigenvalue weighted by atomic mass is 10.2. The Hall–Kier alpha value is -2.69. The van der Waals surface area contributed by atoms with E-state index >= 15 is 0 Å². The van der Waals surface area contributed by atoms with Crippen LogP contribution in [0.4, 0.5) is 5.69 Å². The van der Waals surface area contributed by atoms with Crippen LogP contribution in [0.2, 0.25) is 0 Å². The van der Waals surface area contributed by atoms with Crippen molar-refractivity contribution < 1.29 is 14.3 Å². The molecule has 0 fully saturated rings. The second kappa shape index (κ2) is 6.39. The lowest BCUT2D eigenvalue weighted by Crippen LogP contribution is -2.29. The molecule has 3 rings (SSSR count). The molecule has 0 unspecified atom stereocenters. The zero-order chi connectivity index (χ0) is 15.4. The highest BCUT2D eigenvalue weighted by atomic mass is 16.7. The van der Waals surface area contributed by atoms with Gasteiger partial charge >= 0.3 is 0 Å². The van der Waals surface area contributed by atoms with Gasteiger partial charge in [0.2, 0.25) is 12.7 Å². The van der Waals surface area contributed by atoms with E-state index < -0.39 is 0 Å². The van der Waals surface area contributed by atoms with Crippen molar-refractivity contribution in [3.05, 3.63) is 53.6 Å². The molecule has 0 saturated heterocycles. The summed E-state index contributed by atoms with van der Waals surface area (Å²) in [5.41, 5.74) is 3.07. The molecule has 2 N–H and O–H groups in total. The quantitative estimate of drug-likeness (QED) is 0.890. The summed E-state index contributed by atoms with van der Waals surface area (Å²) in [6.07, 6.45) is 0. The lowest BCUT2D eigenvalue weighted by Gasteiger charge is -2.10. The Morgan fingerprint density at radius 3 is 2.82 bits per heavy atom. The third-order valence-electron chi connectivity index (χ3n) is 3.51. The maximum Gasteiger partial charge on any atom is 0.239 e. The highest BCUT2D eigenvalue weighted by Crippen LogP contribution is 2.32.